The minimum Gasteiger partial charge on any atom is -0.356 e. The predicted molar refractivity (Wildman–Crippen MR) is 108 cm³/mol. The number of hydrogen-bond donors (Lipinski definition) is 2. The Morgan fingerprint density at radius 1 is 1.07 bits per heavy atom. The molecule has 0 spiro atoms. The fourth-order valence-electron chi connectivity index (χ4n) is 2.77. The molecule has 2 aromatic carbocycles. The molecule has 0 aliphatic rings. The molecule has 0 saturated carbocycles. The molecule has 0 heterocycles. The molecule has 0 fully saturated rings. The maximum absolute atomic E-state index is 13.2. The lowest BCUT2D eigenvalue weighted by atomic mass is 10.1. The van der Waals surface area contributed by atoms with Gasteiger partial charge in [-0.15, -0.1) is 0 Å². The van der Waals surface area contributed by atoms with Gasteiger partial charge < -0.3 is 10.6 Å². The van der Waals surface area contributed by atoms with Crippen molar-refractivity contribution in [2.75, 3.05) is 19.3 Å². The smallest absolute Gasteiger partial charge is 0.356 e. The number of guanidine groups is 1. The van der Waals surface area contributed by atoms with Gasteiger partial charge in [0.05, 0.1) is 17.1 Å². The van der Waals surface area contributed by atoms with Gasteiger partial charge in [-0.2, -0.15) is 13.2 Å². The van der Waals surface area contributed by atoms with Gasteiger partial charge in [-0.1, -0.05) is 36.4 Å². The van der Waals surface area contributed by atoms with Crippen molar-refractivity contribution in [3.63, 3.8) is 0 Å². The first kappa shape index (κ1) is 23.7. The summed E-state index contributed by atoms with van der Waals surface area (Å²) < 4.78 is 76.7. The van der Waals surface area contributed by atoms with Crippen molar-refractivity contribution in [1.82, 2.24) is 10.6 Å². The summed E-state index contributed by atoms with van der Waals surface area (Å²) in [7, 11) is -1.84. The van der Waals surface area contributed by atoms with E-state index in [9.17, 15) is 26.0 Å². The van der Waals surface area contributed by atoms with Gasteiger partial charge in [-0.25, -0.2) is 12.8 Å². The number of nitrogens with zero attached hydrogens (tertiary/aromatic N) is 1. The Hall–Kier alpha value is -2.62. The lowest BCUT2D eigenvalue weighted by molar-refractivity contribution is -0.138. The van der Waals surface area contributed by atoms with E-state index >= 15 is 0 Å². The summed E-state index contributed by atoms with van der Waals surface area (Å²) in [6, 6.07) is 11.3. The Balaban J connectivity index is 1.83. The SMILES string of the molecule is CN=C(NCCCS(=O)(=O)Cc1ccccc1)NCc1ccc(F)cc1C(F)(F)F. The number of aliphatic imine (C=N–C) groups is 1. The number of hydrogen-bond acceptors (Lipinski definition) is 3. The first-order valence-electron chi connectivity index (χ1n) is 9.15. The molecule has 0 bridgehead atoms. The standard InChI is InChI=1S/C20H23F4N3O2S/c1-25-19(27-13-16-8-9-17(21)12-18(16)20(22,23)24)26-10-5-11-30(28,29)14-15-6-3-2-4-7-15/h2-4,6-9,12H,5,10-11,13-14H2,1H3,(H2,25,26,27). The van der Waals surface area contributed by atoms with Crippen molar-refractivity contribution < 1.29 is 26.0 Å². The average molecular weight is 445 g/mol. The summed E-state index contributed by atoms with van der Waals surface area (Å²) in [6.07, 6.45) is -4.37. The molecule has 0 aliphatic heterocycles. The highest BCUT2D eigenvalue weighted by molar-refractivity contribution is 7.90. The molecule has 0 radical (unpaired) electrons. The Labute approximate surface area is 173 Å². The summed E-state index contributed by atoms with van der Waals surface area (Å²) in [5, 5.41) is 5.59. The van der Waals surface area contributed by atoms with E-state index in [0.29, 0.717) is 18.1 Å². The number of halogens is 4. The summed E-state index contributed by atoms with van der Waals surface area (Å²) in [6.45, 7) is 0.0460. The number of benzene rings is 2. The van der Waals surface area contributed by atoms with E-state index in [0.717, 1.165) is 12.1 Å². The molecule has 2 rings (SSSR count). The fraction of sp³-hybridized carbons (Fsp3) is 0.350. The Morgan fingerprint density at radius 3 is 2.40 bits per heavy atom. The second kappa shape index (κ2) is 10.4. The van der Waals surface area contributed by atoms with Crippen LogP contribution in [0.5, 0.6) is 0 Å². The molecule has 0 aliphatic carbocycles. The van der Waals surface area contributed by atoms with Crippen LogP contribution in [0.4, 0.5) is 17.6 Å². The minimum absolute atomic E-state index is 0.0396. The second-order valence-corrected chi connectivity index (χ2v) is 8.77. The molecule has 0 unspecified atom stereocenters. The van der Waals surface area contributed by atoms with Gasteiger partial charge in [-0.05, 0) is 29.7 Å². The fourth-order valence-corrected chi connectivity index (χ4v) is 4.19. The van der Waals surface area contributed by atoms with Gasteiger partial charge in [0.2, 0.25) is 0 Å². The zero-order chi connectivity index (χ0) is 22.2. The maximum atomic E-state index is 13.2. The predicted octanol–water partition coefficient (Wildman–Crippen LogP) is 3.51. The van der Waals surface area contributed by atoms with Gasteiger partial charge >= 0.3 is 6.18 Å². The molecule has 0 saturated heterocycles. The zero-order valence-electron chi connectivity index (χ0n) is 16.3. The first-order chi connectivity index (χ1) is 14.1. The van der Waals surface area contributed by atoms with Crippen LogP contribution in [0.3, 0.4) is 0 Å². The monoisotopic (exact) mass is 445 g/mol. The third kappa shape index (κ3) is 7.66. The molecular weight excluding hydrogens is 422 g/mol. The van der Waals surface area contributed by atoms with E-state index in [4.69, 9.17) is 0 Å². The van der Waals surface area contributed by atoms with Crippen molar-refractivity contribution in [3.8, 4) is 0 Å². The summed E-state index contributed by atoms with van der Waals surface area (Å²) in [5.74, 6) is -0.841. The summed E-state index contributed by atoms with van der Waals surface area (Å²) in [5.41, 5.74) is -0.475. The van der Waals surface area contributed by atoms with Gasteiger partial charge in [0.1, 0.15) is 5.82 Å². The van der Waals surface area contributed by atoms with Crippen LogP contribution in [0.1, 0.15) is 23.1 Å². The Kier molecular flexibility index (Phi) is 8.22. The van der Waals surface area contributed by atoms with E-state index in [2.05, 4.69) is 15.6 Å². The molecular formula is C20H23F4N3O2S. The largest absolute Gasteiger partial charge is 0.416 e. The van der Waals surface area contributed by atoms with E-state index in [-0.39, 0.29) is 36.1 Å². The quantitative estimate of drug-likeness (QED) is 0.282. The van der Waals surface area contributed by atoms with E-state index < -0.39 is 27.4 Å². The van der Waals surface area contributed by atoms with Crippen LogP contribution in [0.25, 0.3) is 0 Å². The number of alkyl halides is 3. The van der Waals surface area contributed by atoms with Gasteiger partial charge in [0.25, 0.3) is 0 Å². The van der Waals surface area contributed by atoms with Crippen LogP contribution in [-0.4, -0.2) is 33.7 Å². The molecule has 30 heavy (non-hydrogen) atoms. The molecule has 164 valence electrons. The van der Waals surface area contributed by atoms with Crippen LogP contribution in [0.15, 0.2) is 53.5 Å². The van der Waals surface area contributed by atoms with Crippen LogP contribution in [0, 0.1) is 5.82 Å². The zero-order valence-corrected chi connectivity index (χ0v) is 17.2. The van der Waals surface area contributed by atoms with Crippen molar-refractivity contribution in [2.24, 2.45) is 4.99 Å². The van der Waals surface area contributed by atoms with Crippen molar-refractivity contribution >= 4 is 15.8 Å². The van der Waals surface area contributed by atoms with Crippen LogP contribution >= 0.6 is 0 Å². The summed E-state index contributed by atoms with van der Waals surface area (Å²) >= 11 is 0. The number of sulfone groups is 1. The van der Waals surface area contributed by atoms with Gasteiger partial charge in [0.15, 0.2) is 15.8 Å². The lowest BCUT2D eigenvalue weighted by Gasteiger charge is -2.16. The molecule has 0 atom stereocenters. The van der Waals surface area contributed by atoms with E-state index in [1.165, 1.54) is 7.05 Å². The highest BCUT2D eigenvalue weighted by Crippen LogP contribution is 2.32. The summed E-state index contributed by atoms with van der Waals surface area (Å²) in [4.78, 5) is 3.90. The van der Waals surface area contributed by atoms with E-state index in [1.807, 2.05) is 6.07 Å². The highest BCUT2D eigenvalue weighted by atomic mass is 32.2. The molecule has 0 aromatic heterocycles. The molecule has 2 aromatic rings. The normalized spacial score (nSPS) is 12.6. The third-order valence-electron chi connectivity index (χ3n) is 4.20. The Bertz CT molecular complexity index is 962. The van der Waals surface area contributed by atoms with E-state index in [1.54, 1.807) is 24.3 Å². The maximum Gasteiger partial charge on any atom is 0.416 e. The molecule has 5 nitrogen and oxygen atoms in total. The number of nitrogens with one attached hydrogen (secondary N) is 2. The molecule has 2 N–H and O–H groups in total. The average Bonchev–Trinajstić information content (AvgIpc) is 2.68. The lowest BCUT2D eigenvalue weighted by Crippen LogP contribution is -2.38. The molecule has 10 heteroatoms. The van der Waals surface area contributed by atoms with Crippen LogP contribution < -0.4 is 10.6 Å². The number of rotatable bonds is 8. The van der Waals surface area contributed by atoms with Crippen molar-refractivity contribution in [1.29, 1.82) is 0 Å². The van der Waals surface area contributed by atoms with Crippen LogP contribution in [-0.2, 0) is 28.3 Å². The second-order valence-electron chi connectivity index (χ2n) is 6.58. The van der Waals surface area contributed by atoms with Crippen molar-refractivity contribution in [2.45, 2.75) is 24.9 Å². The van der Waals surface area contributed by atoms with Crippen LogP contribution in [0.2, 0.25) is 0 Å². The topological polar surface area (TPSA) is 70.6 Å². The molecule has 0 amide bonds. The van der Waals surface area contributed by atoms with Crippen molar-refractivity contribution in [3.05, 3.63) is 71.0 Å². The minimum atomic E-state index is -4.68. The van der Waals surface area contributed by atoms with Gasteiger partial charge in [-0.3, -0.25) is 4.99 Å². The first-order valence-corrected chi connectivity index (χ1v) is 11.0. The highest BCUT2D eigenvalue weighted by Gasteiger charge is 2.33. The Morgan fingerprint density at radius 2 is 1.77 bits per heavy atom. The van der Waals surface area contributed by atoms with Gasteiger partial charge in [0, 0.05) is 20.1 Å². The third-order valence-corrected chi connectivity index (χ3v) is 5.89.